The lowest BCUT2D eigenvalue weighted by atomic mass is 10.1. The molecule has 33 heavy (non-hydrogen) atoms. The lowest BCUT2D eigenvalue weighted by molar-refractivity contribution is -0.122. The second kappa shape index (κ2) is 8.63. The van der Waals surface area contributed by atoms with Crippen LogP contribution in [0.2, 0.25) is 0 Å². The summed E-state index contributed by atoms with van der Waals surface area (Å²) in [5.41, 5.74) is 4.09. The summed E-state index contributed by atoms with van der Waals surface area (Å²) in [5.74, 6) is 0.0600. The van der Waals surface area contributed by atoms with Gasteiger partial charge in [-0.25, -0.2) is 0 Å². The highest BCUT2D eigenvalue weighted by molar-refractivity contribution is 6.08. The van der Waals surface area contributed by atoms with Crippen LogP contribution in [0.4, 0.5) is 11.4 Å². The van der Waals surface area contributed by atoms with E-state index in [9.17, 15) is 9.59 Å². The molecule has 2 heterocycles. The molecule has 164 valence electrons. The van der Waals surface area contributed by atoms with Gasteiger partial charge in [-0.05, 0) is 30.7 Å². The smallest absolute Gasteiger partial charge is 0.265 e. The minimum Gasteiger partial charge on any atom is -0.479 e. The summed E-state index contributed by atoms with van der Waals surface area (Å²) in [4.78, 5) is 25.2. The third-order valence-corrected chi connectivity index (χ3v) is 5.41. The molecule has 0 spiro atoms. The molecular formula is C26H22N4O3. The van der Waals surface area contributed by atoms with Crippen molar-refractivity contribution in [2.24, 2.45) is 0 Å². The molecule has 1 aromatic heterocycles. The zero-order valence-corrected chi connectivity index (χ0v) is 18.0. The average Bonchev–Trinajstić information content (AvgIpc) is 3.25. The fraction of sp³-hybridized carbons (Fsp3) is 0.115. The molecule has 0 saturated carbocycles. The highest BCUT2D eigenvalue weighted by atomic mass is 16.5. The number of aromatic nitrogens is 2. The number of amides is 2. The van der Waals surface area contributed by atoms with E-state index in [0.717, 1.165) is 11.1 Å². The van der Waals surface area contributed by atoms with Crippen molar-refractivity contribution in [1.29, 1.82) is 0 Å². The lowest BCUT2D eigenvalue weighted by Crippen LogP contribution is -2.34. The standard InChI is InChI=1S/C26H22N4O3/c1-17-25(31)28-22-14-20(12-13-23(22)33-17)27-26(32)21-16-30(15-18-8-4-2-5-9-18)29-24(21)19-10-6-3-7-11-19/h2-14,16-17H,15H2,1H3,(H,27,32)(H,28,31). The van der Waals surface area contributed by atoms with Crippen LogP contribution in [0.3, 0.4) is 0 Å². The molecule has 3 aromatic carbocycles. The van der Waals surface area contributed by atoms with Gasteiger partial charge in [0.15, 0.2) is 6.10 Å². The molecule has 7 heteroatoms. The Morgan fingerprint density at radius 1 is 1.06 bits per heavy atom. The normalized spacial score (nSPS) is 14.7. The van der Waals surface area contributed by atoms with Crippen LogP contribution in [-0.4, -0.2) is 27.7 Å². The van der Waals surface area contributed by atoms with Gasteiger partial charge >= 0.3 is 0 Å². The summed E-state index contributed by atoms with van der Waals surface area (Å²) in [5, 5.41) is 10.4. The van der Waals surface area contributed by atoms with E-state index in [1.165, 1.54) is 0 Å². The van der Waals surface area contributed by atoms with Gasteiger partial charge in [0.1, 0.15) is 11.4 Å². The van der Waals surface area contributed by atoms with Crippen molar-refractivity contribution in [2.45, 2.75) is 19.6 Å². The largest absolute Gasteiger partial charge is 0.479 e. The first kappa shape index (κ1) is 20.5. The van der Waals surface area contributed by atoms with Gasteiger partial charge in [0.05, 0.1) is 17.8 Å². The number of nitrogens with zero attached hydrogens (tertiary/aromatic N) is 2. The molecule has 7 nitrogen and oxygen atoms in total. The third-order valence-electron chi connectivity index (χ3n) is 5.41. The Morgan fingerprint density at radius 3 is 2.55 bits per heavy atom. The van der Waals surface area contributed by atoms with Crippen LogP contribution in [0.1, 0.15) is 22.8 Å². The molecule has 0 radical (unpaired) electrons. The Labute approximate surface area is 191 Å². The predicted molar refractivity (Wildman–Crippen MR) is 126 cm³/mol. The summed E-state index contributed by atoms with van der Waals surface area (Å²) >= 11 is 0. The van der Waals surface area contributed by atoms with E-state index in [-0.39, 0.29) is 11.8 Å². The molecular weight excluding hydrogens is 416 g/mol. The molecule has 2 amide bonds. The van der Waals surface area contributed by atoms with Crippen molar-refractivity contribution in [3.63, 3.8) is 0 Å². The van der Waals surface area contributed by atoms with E-state index in [1.54, 1.807) is 36.0 Å². The van der Waals surface area contributed by atoms with Gasteiger partial charge in [-0.3, -0.25) is 14.3 Å². The number of benzene rings is 3. The highest BCUT2D eigenvalue weighted by Gasteiger charge is 2.24. The van der Waals surface area contributed by atoms with Gasteiger partial charge in [-0.15, -0.1) is 0 Å². The van der Waals surface area contributed by atoms with Crippen LogP contribution in [0, 0.1) is 0 Å². The minimum atomic E-state index is -0.554. The lowest BCUT2D eigenvalue weighted by Gasteiger charge is -2.23. The number of anilines is 2. The van der Waals surface area contributed by atoms with Crippen LogP contribution < -0.4 is 15.4 Å². The van der Waals surface area contributed by atoms with Crippen molar-refractivity contribution in [3.8, 4) is 17.0 Å². The summed E-state index contributed by atoms with van der Waals surface area (Å²) in [7, 11) is 0. The topological polar surface area (TPSA) is 85.2 Å². The molecule has 5 rings (SSSR count). The average molecular weight is 438 g/mol. The van der Waals surface area contributed by atoms with Crippen LogP contribution in [0.15, 0.2) is 85.1 Å². The van der Waals surface area contributed by atoms with Gasteiger partial charge in [-0.1, -0.05) is 60.7 Å². The van der Waals surface area contributed by atoms with Gasteiger partial charge in [0.2, 0.25) is 0 Å². The van der Waals surface area contributed by atoms with E-state index >= 15 is 0 Å². The number of carbonyl (C=O) groups is 2. The number of hydrogen-bond donors (Lipinski definition) is 2. The zero-order valence-electron chi connectivity index (χ0n) is 18.0. The molecule has 1 aliphatic rings. The predicted octanol–water partition coefficient (Wildman–Crippen LogP) is 4.57. The van der Waals surface area contributed by atoms with Gasteiger partial charge in [0.25, 0.3) is 11.8 Å². The maximum atomic E-state index is 13.3. The first-order chi connectivity index (χ1) is 16.1. The van der Waals surface area contributed by atoms with Crippen molar-refractivity contribution < 1.29 is 14.3 Å². The molecule has 0 saturated heterocycles. The number of nitrogens with one attached hydrogen (secondary N) is 2. The second-order valence-corrected chi connectivity index (χ2v) is 7.85. The summed E-state index contributed by atoms with van der Waals surface area (Å²) in [6, 6.07) is 24.7. The van der Waals surface area contributed by atoms with Crippen molar-refractivity contribution in [2.75, 3.05) is 10.6 Å². The van der Waals surface area contributed by atoms with E-state index in [4.69, 9.17) is 9.84 Å². The van der Waals surface area contributed by atoms with E-state index in [0.29, 0.717) is 34.9 Å². The third kappa shape index (κ3) is 4.34. The molecule has 4 aromatic rings. The quantitative estimate of drug-likeness (QED) is 0.478. The van der Waals surface area contributed by atoms with Crippen molar-refractivity contribution in [3.05, 3.63) is 96.2 Å². The molecule has 0 aliphatic carbocycles. The SMILES string of the molecule is CC1Oc2ccc(NC(=O)c3cn(Cc4ccccc4)nc3-c3ccccc3)cc2NC1=O. The van der Waals surface area contributed by atoms with Crippen LogP contribution in [0.25, 0.3) is 11.3 Å². The fourth-order valence-corrected chi connectivity index (χ4v) is 3.73. The Hall–Kier alpha value is -4.39. The van der Waals surface area contributed by atoms with Gasteiger partial charge in [-0.2, -0.15) is 5.10 Å². The summed E-state index contributed by atoms with van der Waals surface area (Å²) in [6.07, 6.45) is 1.21. The first-order valence-corrected chi connectivity index (χ1v) is 10.7. The molecule has 1 aliphatic heterocycles. The van der Waals surface area contributed by atoms with E-state index < -0.39 is 6.10 Å². The number of hydrogen-bond acceptors (Lipinski definition) is 4. The number of carbonyl (C=O) groups excluding carboxylic acids is 2. The van der Waals surface area contributed by atoms with Crippen LogP contribution >= 0.6 is 0 Å². The number of fused-ring (bicyclic) bond motifs is 1. The van der Waals surface area contributed by atoms with Gasteiger partial charge in [0, 0.05) is 17.4 Å². The van der Waals surface area contributed by atoms with E-state index in [2.05, 4.69) is 10.6 Å². The van der Waals surface area contributed by atoms with Crippen LogP contribution in [0.5, 0.6) is 5.75 Å². The Morgan fingerprint density at radius 2 is 1.79 bits per heavy atom. The van der Waals surface area contributed by atoms with Gasteiger partial charge < -0.3 is 15.4 Å². The maximum Gasteiger partial charge on any atom is 0.265 e. The van der Waals surface area contributed by atoms with Crippen LogP contribution in [-0.2, 0) is 11.3 Å². The summed E-state index contributed by atoms with van der Waals surface area (Å²) in [6.45, 7) is 2.24. The minimum absolute atomic E-state index is 0.223. The molecule has 0 bridgehead atoms. The van der Waals surface area contributed by atoms with E-state index in [1.807, 2.05) is 60.7 Å². The number of rotatable bonds is 5. The highest BCUT2D eigenvalue weighted by Crippen LogP contribution is 2.32. The monoisotopic (exact) mass is 438 g/mol. The molecule has 0 fully saturated rings. The molecule has 1 unspecified atom stereocenters. The van der Waals surface area contributed by atoms with Crippen molar-refractivity contribution >= 4 is 23.2 Å². The molecule has 1 atom stereocenters. The maximum absolute atomic E-state index is 13.3. The Balaban J connectivity index is 1.44. The second-order valence-electron chi connectivity index (χ2n) is 7.85. The zero-order chi connectivity index (χ0) is 22.8. The first-order valence-electron chi connectivity index (χ1n) is 10.7. The van der Waals surface area contributed by atoms with Crippen molar-refractivity contribution in [1.82, 2.24) is 9.78 Å². The Kier molecular flexibility index (Phi) is 5.36. The number of ether oxygens (including phenoxy) is 1. The summed E-state index contributed by atoms with van der Waals surface area (Å²) < 4.78 is 7.36. The molecule has 2 N–H and O–H groups in total. The fourth-order valence-electron chi connectivity index (χ4n) is 3.73. The Bertz CT molecular complexity index is 1320.